The number of hydrogen-bond acceptors (Lipinski definition) is 3. The van der Waals surface area contributed by atoms with Crippen molar-refractivity contribution in [2.24, 2.45) is 0 Å². The highest BCUT2D eigenvalue weighted by Gasteiger charge is 2.08. The van der Waals surface area contributed by atoms with Gasteiger partial charge in [0.2, 0.25) is 0 Å². The summed E-state index contributed by atoms with van der Waals surface area (Å²) in [7, 11) is 0. The predicted octanol–water partition coefficient (Wildman–Crippen LogP) is 2.06. The molecule has 0 aliphatic rings. The third kappa shape index (κ3) is 3.23. The summed E-state index contributed by atoms with van der Waals surface area (Å²) < 4.78 is 25.8. The van der Waals surface area contributed by atoms with Crippen LogP contribution in [0.2, 0.25) is 0 Å². The molecular formula is C14H13F2N3O. The Morgan fingerprint density at radius 3 is 2.25 bits per heavy atom. The van der Waals surface area contributed by atoms with Crippen molar-refractivity contribution in [2.75, 3.05) is 11.5 Å². The Labute approximate surface area is 114 Å². The summed E-state index contributed by atoms with van der Waals surface area (Å²) in [6.45, 7) is 0.0741. The highest BCUT2D eigenvalue weighted by atomic mass is 19.2. The molecule has 4 nitrogen and oxygen atoms in total. The first-order valence-electron chi connectivity index (χ1n) is 5.84. The number of nitrogens with one attached hydrogen (secondary N) is 1. The Hall–Kier alpha value is -2.63. The molecule has 5 N–H and O–H groups in total. The van der Waals surface area contributed by atoms with Gasteiger partial charge in [0, 0.05) is 23.5 Å². The minimum atomic E-state index is -0.954. The highest BCUT2D eigenvalue weighted by molar-refractivity contribution is 5.96. The number of hydrogen-bond donors (Lipinski definition) is 3. The van der Waals surface area contributed by atoms with Crippen molar-refractivity contribution in [3.63, 3.8) is 0 Å². The van der Waals surface area contributed by atoms with E-state index in [2.05, 4.69) is 5.32 Å². The molecule has 2 rings (SSSR count). The van der Waals surface area contributed by atoms with Crippen LogP contribution in [0.5, 0.6) is 0 Å². The Bertz CT molecular complexity index is 639. The first-order valence-corrected chi connectivity index (χ1v) is 5.84. The Morgan fingerprint density at radius 1 is 1.00 bits per heavy atom. The quantitative estimate of drug-likeness (QED) is 0.751. The number of nitrogen functional groups attached to an aromatic ring is 2. The van der Waals surface area contributed by atoms with Gasteiger partial charge in [-0.25, -0.2) is 8.78 Å². The fraction of sp³-hybridized carbons (Fsp3) is 0.0714. The van der Waals surface area contributed by atoms with Crippen LogP contribution in [0.4, 0.5) is 20.2 Å². The average molecular weight is 277 g/mol. The lowest BCUT2D eigenvalue weighted by atomic mass is 10.1. The normalized spacial score (nSPS) is 10.3. The van der Waals surface area contributed by atoms with Gasteiger partial charge in [0.15, 0.2) is 11.6 Å². The van der Waals surface area contributed by atoms with Crippen LogP contribution in [-0.4, -0.2) is 5.91 Å². The second-order valence-corrected chi connectivity index (χ2v) is 4.32. The molecular weight excluding hydrogens is 264 g/mol. The van der Waals surface area contributed by atoms with Crippen molar-refractivity contribution in [1.29, 1.82) is 0 Å². The summed E-state index contributed by atoms with van der Waals surface area (Å²) in [6, 6.07) is 7.94. The second-order valence-electron chi connectivity index (χ2n) is 4.32. The van der Waals surface area contributed by atoms with Gasteiger partial charge in [-0.1, -0.05) is 6.07 Å². The lowest BCUT2D eigenvalue weighted by Gasteiger charge is -2.07. The standard InChI is InChI=1S/C14H13F2N3O/c15-12-2-1-8(3-13(12)16)7-19-14(20)9-4-10(17)6-11(18)5-9/h1-6H,7,17-18H2,(H,19,20). The number of halogens is 2. The molecule has 0 fully saturated rings. The highest BCUT2D eigenvalue weighted by Crippen LogP contribution is 2.14. The van der Waals surface area contributed by atoms with E-state index < -0.39 is 17.5 Å². The van der Waals surface area contributed by atoms with E-state index in [4.69, 9.17) is 11.5 Å². The topological polar surface area (TPSA) is 81.1 Å². The summed E-state index contributed by atoms with van der Waals surface area (Å²) in [5, 5.41) is 2.58. The molecule has 0 bridgehead atoms. The number of carbonyl (C=O) groups is 1. The van der Waals surface area contributed by atoms with E-state index in [1.165, 1.54) is 24.3 Å². The lowest BCUT2D eigenvalue weighted by molar-refractivity contribution is 0.0951. The summed E-state index contributed by atoms with van der Waals surface area (Å²) in [5.41, 5.74) is 12.7. The van der Waals surface area contributed by atoms with Crippen LogP contribution in [0, 0.1) is 11.6 Å². The molecule has 0 spiro atoms. The van der Waals surface area contributed by atoms with E-state index in [1.807, 2.05) is 0 Å². The fourth-order valence-corrected chi connectivity index (χ4v) is 1.74. The molecule has 2 aromatic carbocycles. The van der Waals surface area contributed by atoms with Gasteiger partial charge in [-0.15, -0.1) is 0 Å². The van der Waals surface area contributed by atoms with Crippen LogP contribution >= 0.6 is 0 Å². The lowest BCUT2D eigenvalue weighted by Crippen LogP contribution is -2.23. The van der Waals surface area contributed by atoms with Gasteiger partial charge in [0.25, 0.3) is 5.91 Å². The molecule has 6 heteroatoms. The minimum Gasteiger partial charge on any atom is -0.399 e. The smallest absolute Gasteiger partial charge is 0.251 e. The van der Waals surface area contributed by atoms with Crippen LogP contribution in [0.15, 0.2) is 36.4 Å². The third-order valence-corrected chi connectivity index (χ3v) is 2.68. The van der Waals surface area contributed by atoms with Crippen molar-refractivity contribution in [2.45, 2.75) is 6.54 Å². The van der Waals surface area contributed by atoms with Crippen LogP contribution in [0.25, 0.3) is 0 Å². The van der Waals surface area contributed by atoms with Crippen molar-refractivity contribution in [1.82, 2.24) is 5.32 Å². The number of carbonyl (C=O) groups excluding carboxylic acids is 1. The van der Waals surface area contributed by atoms with Gasteiger partial charge in [-0.3, -0.25) is 4.79 Å². The van der Waals surface area contributed by atoms with Crippen LogP contribution < -0.4 is 16.8 Å². The van der Waals surface area contributed by atoms with E-state index in [9.17, 15) is 13.6 Å². The second kappa shape index (κ2) is 5.56. The average Bonchev–Trinajstić information content (AvgIpc) is 2.38. The summed E-state index contributed by atoms with van der Waals surface area (Å²) in [4.78, 5) is 11.9. The Balaban J connectivity index is 2.06. The van der Waals surface area contributed by atoms with Gasteiger partial charge in [0.1, 0.15) is 0 Å². The molecule has 0 aromatic heterocycles. The van der Waals surface area contributed by atoms with E-state index in [1.54, 1.807) is 0 Å². The summed E-state index contributed by atoms with van der Waals surface area (Å²) in [5.74, 6) is -2.28. The number of benzene rings is 2. The van der Waals surface area contributed by atoms with E-state index in [0.717, 1.165) is 12.1 Å². The summed E-state index contributed by atoms with van der Waals surface area (Å²) >= 11 is 0. The number of nitrogens with two attached hydrogens (primary N) is 2. The first-order chi connectivity index (χ1) is 9.45. The molecule has 0 radical (unpaired) electrons. The Kier molecular flexibility index (Phi) is 3.84. The van der Waals surface area contributed by atoms with Crippen molar-refractivity contribution < 1.29 is 13.6 Å². The zero-order chi connectivity index (χ0) is 14.7. The van der Waals surface area contributed by atoms with Crippen LogP contribution in [0.3, 0.4) is 0 Å². The molecule has 0 aliphatic carbocycles. The summed E-state index contributed by atoms with van der Waals surface area (Å²) in [6.07, 6.45) is 0. The predicted molar refractivity (Wildman–Crippen MR) is 72.8 cm³/mol. The molecule has 0 aliphatic heterocycles. The van der Waals surface area contributed by atoms with Crippen LogP contribution in [0.1, 0.15) is 15.9 Å². The first kappa shape index (κ1) is 13.8. The third-order valence-electron chi connectivity index (χ3n) is 2.68. The van der Waals surface area contributed by atoms with Crippen molar-refractivity contribution in [3.05, 3.63) is 59.2 Å². The molecule has 104 valence electrons. The molecule has 0 saturated carbocycles. The van der Waals surface area contributed by atoms with Crippen molar-refractivity contribution >= 4 is 17.3 Å². The maximum Gasteiger partial charge on any atom is 0.251 e. The van der Waals surface area contributed by atoms with E-state index >= 15 is 0 Å². The molecule has 2 aromatic rings. The molecule has 0 atom stereocenters. The molecule has 0 saturated heterocycles. The van der Waals surface area contributed by atoms with Gasteiger partial charge in [0.05, 0.1) is 0 Å². The van der Waals surface area contributed by atoms with Gasteiger partial charge < -0.3 is 16.8 Å². The molecule has 0 unspecified atom stereocenters. The molecule has 20 heavy (non-hydrogen) atoms. The number of rotatable bonds is 3. The number of anilines is 2. The fourth-order valence-electron chi connectivity index (χ4n) is 1.74. The van der Waals surface area contributed by atoms with E-state index in [0.29, 0.717) is 22.5 Å². The van der Waals surface area contributed by atoms with Gasteiger partial charge >= 0.3 is 0 Å². The van der Waals surface area contributed by atoms with Crippen LogP contribution in [-0.2, 0) is 6.54 Å². The molecule has 0 heterocycles. The van der Waals surface area contributed by atoms with Crippen molar-refractivity contribution in [3.8, 4) is 0 Å². The maximum absolute atomic E-state index is 13.0. The SMILES string of the molecule is Nc1cc(N)cc(C(=O)NCc2ccc(F)c(F)c2)c1. The largest absolute Gasteiger partial charge is 0.399 e. The van der Waals surface area contributed by atoms with Gasteiger partial charge in [-0.05, 0) is 35.9 Å². The minimum absolute atomic E-state index is 0.0741. The Morgan fingerprint density at radius 2 is 1.65 bits per heavy atom. The monoisotopic (exact) mass is 277 g/mol. The zero-order valence-corrected chi connectivity index (χ0v) is 10.5. The zero-order valence-electron chi connectivity index (χ0n) is 10.5. The van der Waals surface area contributed by atoms with E-state index in [-0.39, 0.29) is 6.54 Å². The maximum atomic E-state index is 13.0. The molecule has 1 amide bonds. The number of amides is 1. The van der Waals surface area contributed by atoms with Gasteiger partial charge in [-0.2, -0.15) is 0 Å².